The predicted molar refractivity (Wildman–Crippen MR) is 410 cm³/mol. The molecule has 0 aliphatic carbocycles. The fourth-order valence-corrected chi connectivity index (χ4v) is 10.1. The molecule has 0 saturated heterocycles. The third-order valence-electron chi connectivity index (χ3n) is 13.3. The number of amides is 3. The maximum absolute atomic E-state index is 12.2. The van der Waals surface area contributed by atoms with Crippen molar-refractivity contribution >= 4 is 164 Å². The van der Waals surface area contributed by atoms with Crippen molar-refractivity contribution in [1.82, 2.24) is 65.6 Å². The molecular weight excluding hydrogens is 1700 g/mol. The van der Waals surface area contributed by atoms with Crippen molar-refractivity contribution in [2.45, 2.75) is 60.8 Å². The highest BCUT2D eigenvalue weighted by Gasteiger charge is 2.16. The van der Waals surface area contributed by atoms with Crippen molar-refractivity contribution in [3.8, 4) is 5.75 Å². The Labute approximate surface area is 617 Å². The molecule has 4 heterocycles. The number of alkyl halides is 3. The zero-order chi connectivity index (χ0) is 69.6. The van der Waals surface area contributed by atoms with Gasteiger partial charge in [-0.15, -0.1) is 0 Å². The van der Waals surface area contributed by atoms with Gasteiger partial charge in [-0.25, -0.2) is 37.9 Å². The van der Waals surface area contributed by atoms with Crippen LogP contribution in [0, 0.1) is 24.4 Å². The molecule has 9 rings (SSSR count). The summed E-state index contributed by atoms with van der Waals surface area (Å²) in [6.07, 6.45) is 20.0. The Hall–Kier alpha value is -7.41. The Bertz CT molecular complexity index is 3960. The zero-order valence-corrected chi connectivity index (χ0v) is 61.9. The molecule has 3 N–H and O–H groups in total. The smallest absolute Gasteiger partial charge is 0.363 e. The molecule has 0 unspecified atom stereocenters. The van der Waals surface area contributed by atoms with E-state index < -0.39 is 24.2 Å². The van der Waals surface area contributed by atoms with E-state index in [0.29, 0.717) is 85.0 Å². The molecule has 4 aromatic heterocycles. The second-order valence-electron chi connectivity index (χ2n) is 20.2. The molecule has 0 radical (unpaired) electrons. The van der Waals surface area contributed by atoms with Gasteiger partial charge in [0.05, 0.1) is 73.8 Å². The van der Waals surface area contributed by atoms with E-state index in [9.17, 15) is 42.5 Å². The average Bonchev–Trinajstić information content (AvgIpc) is 0.870. The van der Waals surface area contributed by atoms with Gasteiger partial charge in [0.1, 0.15) is 42.9 Å². The lowest BCUT2D eigenvalue weighted by Crippen LogP contribution is -2.35. The first-order valence-electron chi connectivity index (χ1n) is 30.5. The molecule has 0 aliphatic rings. The zero-order valence-electron chi connectivity index (χ0n) is 53.2. The molecule has 3 amide bonds. The van der Waals surface area contributed by atoms with Crippen LogP contribution in [0.2, 0.25) is 0 Å². The summed E-state index contributed by atoms with van der Waals surface area (Å²) in [4.78, 5) is 96.9. The lowest BCUT2D eigenvalue weighted by atomic mass is 10.2. The number of nitrogens with zero attached hydrogens (tertiary/aromatic N) is 11. The number of rotatable bonds is 26. The van der Waals surface area contributed by atoms with Gasteiger partial charge in [0.25, 0.3) is 23.4 Å². The fraction of sp³-hybridized carbons (Fsp3) is 0.304. The number of hydrogen-bond donors (Lipinski definition) is 3. The Kier molecular flexibility index (Phi) is 38.9. The van der Waals surface area contributed by atoms with Crippen LogP contribution in [0.4, 0.5) is 18.9 Å². The second-order valence-corrected chi connectivity index (χ2v) is 25.2. The van der Waals surface area contributed by atoms with E-state index in [4.69, 9.17) is 4.74 Å². The van der Waals surface area contributed by atoms with Crippen LogP contribution < -0.4 is 20.7 Å². The predicted octanol–water partition coefficient (Wildman–Crippen LogP) is 14.7. The van der Waals surface area contributed by atoms with Gasteiger partial charge in [0.2, 0.25) is 0 Å². The molecule has 21 nitrogen and oxygen atoms in total. The van der Waals surface area contributed by atoms with Gasteiger partial charge in [-0.05, 0) is 201 Å². The van der Waals surface area contributed by atoms with Gasteiger partial charge < -0.3 is 20.7 Å². The maximum atomic E-state index is 12.2. The number of likely N-dealkylation sites (N-methyl/N-ethyl adjacent to an activating group) is 2. The first-order valence-corrected chi connectivity index (χ1v) is 34.8. The summed E-state index contributed by atoms with van der Waals surface area (Å²) in [5.74, 6) is -1.10. The van der Waals surface area contributed by atoms with Gasteiger partial charge in [-0.1, -0.05) is 84.4 Å². The first kappa shape index (κ1) is 82.0. The van der Waals surface area contributed by atoms with Crippen molar-refractivity contribution in [3.63, 3.8) is 0 Å². The largest absolute Gasteiger partial charge is 0.422 e. The summed E-state index contributed by atoms with van der Waals surface area (Å²) >= 11 is 8.82. The number of carbonyl (C=O) groups is 4. The Morgan fingerprint density at radius 3 is 1.16 bits per heavy atom. The van der Waals surface area contributed by atoms with E-state index in [1.807, 2.05) is 87.5 Å². The van der Waals surface area contributed by atoms with E-state index in [1.165, 1.54) is 67.3 Å². The summed E-state index contributed by atoms with van der Waals surface area (Å²) in [6, 6.07) is 27.9. The van der Waals surface area contributed by atoms with Crippen molar-refractivity contribution < 1.29 is 42.0 Å². The van der Waals surface area contributed by atoms with Crippen molar-refractivity contribution in [1.29, 1.82) is 0 Å². The summed E-state index contributed by atoms with van der Waals surface area (Å²) in [5, 5.41) is 19.1. The van der Waals surface area contributed by atoms with E-state index >= 15 is 0 Å². The minimum atomic E-state index is -0.674. The number of halogens is 7. The molecule has 0 spiro atoms. The van der Waals surface area contributed by atoms with Gasteiger partial charge in [0.15, 0.2) is 5.69 Å². The third-order valence-corrected chi connectivity index (χ3v) is 16.0. The van der Waals surface area contributed by atoms with E-state index in [1.54, 1.807) is 24.3 Å². The van der Waals surface area contributed by atoms with Gasteiger partial charge in [-0.3, -0.25) is 54.2 Å². The number of fused-ring (bicyclic) bond motifs is 4. The van der Waals surface area contributed by atoms with Crippen LogP contribution in [0.5, 0.6) is 5.75 Å². The van der Waals surface area contributed by atoms with Crippen molar-refractivity contribution in [2.24, 2.45) is 0 Å². The Morgan fingerprint density at radius 2 is 0.835 bits per heavy atom. The molecule has 28 heteroatoms. The summed E-state index contributed by atoms with van der Waals surface area (Å²) in [5.41, 5.74) is 6.78. The number of unbranched alkanes of at least 4 members (excludes halogenated alkanes) is 2. The maximum Gasteiger partial charge on any atom is 0.363 e. The van der Waals surface area contributed by atoms with E-state index in [2.05, 4.69) is 163 Å². The highest BCUT2D eigenvalue weighted by Crippen LogP contribution is 2.21. The minimum Gasteiger partial charge on any atom is -0.422 e. The number of esters is 1. The number of non-ortho nitro benzene ring substituents is 1. The summed E-state index contributed by atoms with van der Waals surface area (Å²) in [7, 11) is 0. The number of nitro benzene ring substituents is 1. The first-order chi connectivity index (χ1) is 46.4. The van der Waals surface area contributed by atoms with Crippen LogP contribution in [0.3, 0.4) is 0 Å². The lowest BCUT2D eigenvalue weighted by molar-refractivity contribution is -0.384. The van der Waals surface area contributed by atoms with Crippen LogP contribution in [-0.4, -0.2) is 157 Å². The molecule has 0 atom stereocenters. The number of allylic oxidation sites excluding steroid dienone is 4. The summed E-state index contributed by atoms with van der Waals surface area (Å²) < 4.78 is 44.6. The van der Waals surface area contributed by atoms with Crippen LogP contribution in [0.1, 0.15) is 103 Å². The molecule has 9 aromatic rings. The fourth-order valence-electron chi connectivity index (χ4n) is 8.22. The molecule has 5 aromatic carbocycles. The van der Waals surface area contributed by atoms with Gasteiger partial charge in [-0.2, -0.15) is 0 Å². The molecule has 0 saturated carbocycles. The van der Waals surface area contributed by atoms with Crippen LogP contribution >= 0.6 is 90.4 Å². The number of ether oxygens (including phenoxy) is 1. The molecule has 0 aliphatic heterocycles. The summed E-state index contributed by atoms with van der Waals surface area (Å²) in [6.45, 7) is 13.0. The SMILES string of the molecule is C.CC/C=C/CF.CCCCCNC(=O)c1cnc2cc(I)ccc2n1.CCN(C/C=C/CF)CCNC(=O)c1cnc2cc(I)ccc2n1.CCN(C/C=C/CF)CCNC(=O)c1cnc2cc(I)ccc2n1.O=C(Oc1ccc([N+](=O)[O-])cc1)c1cnc2cc(I)ccc2n1. The topological polar surface area (TPSA) is 266 Å². The van der Waals surface area contributed by atoms with E-state index in [-0.39, 0.29) is 49.0 Å². The monoisotopic (exact) mass is 1780 g/mol. The molecular formula is C69H77F3I4N14O7. The quantitative estimate of drug-likeness (QED) is 0.00865. The lowest BCUT2D eigenvalue weighted by Gasteiger charge is -2.18. The normalized spacial score (nSPS) is 10.9. The van der Waals surface area contributed by atoms with Gasteiger partial charge >= 0.3 is 5.97 Å². The number of benzene rings is 5. The Balaban J connectivity index is 0.000000267. The number of nitro groups is 1. The van der Waals surface area contributed by atoms with Crippen LogP contribution in [0.15, 0.2) is 158 Å². The van der Waals surface area contributed by atoms with Gasteiger partial charge in [0, 0.05) is 72.2 Å². The third kappa shape index (κ3) is 29.7. The Morgan fingerprint density at radius 1 is 0.485 bits per heavy atom. The molecule has 0 bridgehead atoms. The van der Waals surface area contributed by atoms with E-state index in [0.717, 1.165) is 75.1 Å². The number of carbonyl (C=O) groups excluding carboxylic acids is 4. The standard InChI is InChI=1S/2C17H20FIN4O.C15H8IN3O4.C14H16IN3O.C5H9F.CH4/c2*1-2-23(9-4-3-7-18)10-8-20-17(24)16-12-21-15-11-13(19)5-6-14(15)22-16;16-9-1-6-12-13(7-9)17-8-14(18-12)15(20)23-11-4-2-10(3-5-11)19(21)22;1-2-3-4-7-16-14(19)13-9-17-12-8-10(15)5-6-11(12)18-13;1-2-3-4-5-6;/h2*3-6,11-12H,2,7-10H2,1H3,(H,20,24);1-8H;5-6,8-9H,2-4,7H2,1H3,(H,16,19);3-4H,2,5H2,1H3;1H4/b2*4-3+;;;4-3+;. The number of hydrogen-bond acceptors (Lipinski definition) is 17. The second kappa shape index (κ2) is 46.0. The van der Waals surface area contributed by atoms with Crippen LogP contribution in [0.25, 0.3) is 44.1 Å². The average molecular weight is 1780 g/mol. The highest BCUT2D eigenvalue weighted by atomic mass is 127. The molecule has 514 valence electrons. The minimum absolute atomic E-state index is 0. The van der Waals surface area contributed by atoms with Crippen molar-refractivity contribution in [3.05, 3.63) is 205 Å². The molecule has 97 heavy (non-hydrogen) atoms. The van der Waals surface area contributed by atoms with Crippen LogP contribution in [-0.2, 0) is 0 Å². The number of nitrogens with one attached hydrogen (secondary N) is 3. The highest BCUT2D eigenvalue weighted by molar-refractivity contribution is 14.1. The van der Waals surface area contributed by atoms with Crippen molar-refractivity contribution in [2.75, 3.05) is 78.9 Å². The number of aromatic nitrogens is 8. The molecule has 0 fully saturated rings.